The molecule has 0 aromatic rings. The first-order chi connectivity index (χ1) is 35.6. The Morgan fingerprint density at radius 2 is 0.767 bits per heavy atom. The second-order valence-corrected chi connectivity index (χ2v) is 22.3. The minimum atomic E-state index is -1.62. The molecule has 0 aromatic heterocycles. The van der Waals surface area contributed by atoms with Crippen molar-refractivity contribution in [2.45, 2.75) is 309 Å². The van der Waals surface area contributed by atoms with Crippen molar-refractivity contribution >= 4 is 17.9 Å². The molecule has 428 valence electrons. The molecule has 0 rings (SSSR count). The van der Waals surface area contributed by atoms with Gasteiger partial charge in [0.2, 0.25) is 0 Å². The SMILES string of the molecule is CCC/C=C\C/C=C\CCCCCCCC(=O)OC(COC(=O)CCCCCCCCCCCCCCCCCCCCCCCCC/C=C\CCCCCCCCCC)COC(OCC[N+](C)(C)C)C(=O)[O-]. The van der Waals surface area contributed by atoms with Crippen molar-refractivity contribution in [2.75, 3.05) is 47.5 Å². The average molecular weight is 1030 g/mol. The molecular formula is C64H119NO8. The van der Waals surface area contributed by atoms with Gasteiger partial charge in [-0.25, -0.2) is 0 Å². The molecule has 0 saturated carbocycles. The lowest BCUT2D eigenvalue weighted by Crippen LogP contribution is -2.44. The van der Waals surface area contributed by atoms with Crippen molar-refractivity contribution in [2.24, 2.45) is 0 Å². The van der Waals surface area contributed by atoms with Crippen LogP contribution in [0.15, 0.2) is 36.5 Å². The Kier molecular flexibility index (Phi) is 53.8. The van der Waals surface area contributed by atoms with E-state index in [1.807, 2.05) is 21.1 Å². The van der Waals surface area contributed by atoms with Gasteiger partial charge in [-0.3, -0.25) is 9.59 Å². The maximum atomic E-state index is 12.8. The van der Waals surface area contributed by atoms with Crippen LogP contribution in [0.4, 0.5) is 0 Å². The summed E-state index contributed by atoms with van der Waals surface area (Å²) in [4.78, 5) is 37.2. The predicted octanol–water partition coefficient (Wildman–Crippen LogP) is 17.1. The monoisotopic (exact) mass is 1030 g/mol. The fraction of sp³-hybridized carbons (Fsp3) is 0.859. The Morgan fingerprint density at radius 1 is 0.411 bits per heavy atom. The van der Waals surface area contributed by atoms with E-state index < -0.39 is 24.3 Å². The topological polar surface area (TPSA) is 111 Å². The standard InChI is InChI=1S/C64H119NO8/c1-6-8-10-12-14-16-18-20-21-22-23-24-25-26-27-28-29-30-31-32-33-34-35-36-37-38-39-40-41-43-44-46-48-50-52-54-61(66)71-58-60(59-72-64(63(68)69)70-57-56-65(3,4)5)73-62(67)55-53-51-49-47-45-42-19-17-15-13-11-9-7-2/h11,13,17,19,22-23,60,64H,6-10,12,14-16,18,20-21,24-59H2,1-5H3/b13-11-,19-17-,23-22-. The third-order valence-corrected chi connectivity index (χ3v) is 13.8. The van der Waals surface area contributed by atoms with Crippen molar-refractivity contribution in [3.8, 4) is 0 Å². The maximum Gasteiger partial charge on any atom is 0.306 e. The van der Waals surface area contributed by atoms with Crippen LogP contribution in [0.3, 0.4) is 0 Å². The molecule has 9 nitrogen and oxygen atoms in total. The van der Waals surface area contributed by atoms with Crippen LogP contribution < -0.4 is 5.11 Å². The smallest absolute Gasteiger partial charge is 0.306 e. The Labute approximate surface area is 451 Å². The van der Waals surface area contributed by atoms with E-state index >= 15 is 0 Å². The van der Waals surface area contributed by atoms with Gasteiger partial charge in [0.05, 0.1) is 40.3 Å². The predicted molar refractivity (Wildman–Crippen MR) is 306 cm³/mol. The van der Waals surface area contributed by atoms with Gasteiger partial charge in [-0.15, -0.1) is 0 Å². The van der Waals surface area contributed by atoms with E-state index in [1.165, 1.54) is 199 Å². The highest BCUT2D eigenvalue weighted by Crippen LogP contribution is 2.17. The van der Waals surface area contributed by atoms with Crippen molar-refractivity contribution in [3.05, 3.63) is 36.5 Å². The van der Waals surface area contributed by atoms with Crippen LogP contribution >= 0.6 is 0 Å². The Hall–Kier alpha value is -2.49. The number of carboxylic acids is 1. The maximum absolute atomic E-state index is 12.8. The second-order valence-electron chi connectivity index (χ2n) is 22.3. The minimum Gasteiger partial charge on any atom is -0.545 e. The number of esters is 2. The molecule has 0 radical (unpaired) electrons. The molecule has 73 heavy (non-hydrogen) atoms. The molecule has 0 aromatic carbocycles. The van der Waals surface area contributed by atoms with E-state index in [-0.39, 0.29) is 32.2 Å². The fourth-order valence-corrected chi connectivity index (χ4v) is 9.04. The molecule has 2 unspecified atom stereocenters. The van der Waals surface area contributed by atoms with Crippen LogP contribution in [0, 0.1) is 0 Å². The minimum absolute atomic E-state index is 0.146. The van der Waals surface area contributed by atoms with Crippen LogP contribution in [-0.4, -0.2) is 82.3 Å². The van der Waals surface area contributed by atoms with Crippen molar-refractivity contribution in [1.29, 1.82) is 0 Å². The zero-order valence-corrected chi connectivity index (χ0v) is 48.8. The summed E-state index contributed by atoms with van der Waals surface area (Å²) in [6, 6.07) is 0. The number of rotatable bonds is 58. The first-order valence-corrected chi connectivity index (χ1v) is 31.1. The van der Waals surface area contributed by atoms with Gasteiger partial charge in [0, 0.05) is 12.8 Å². The molecule has 0 aliphatic carbocycles. The summed E-state index contributed by atoms with van der Waals surface area (Å²) in [5, 5.41) is 11.7. The van der Waals surface area contributed by atoms with Crippen molar-refractivity contribution in [3.63, 3.8) is 0 Å². The Balaban J connectivity index is 3.96. The number of carbonyl (C=O) groups excluding carboxylic acids is 3. The number of hydrogen-bond donors (Lipinski definition) is 0. The van der Waals surface area contributed by atoms with E-state index in [0.717, 1.165) is 64.2 Å². The molecule has 0 aliphatic rings. The van der Waals surface area contributed by atoms with Crippen LogP contribution in [0.5, 0.6) is 0 Å². The second kappa shape index (κ2) is 55.7. The summed E-state index contributed by atoms with van der Waals surface area (Å²) >= 11 is 0. The highest BCUT2D eigenvalue weighted by molar-refractivity contribution is 5.70. The largest absolute Gasteiger partial charge is 0.545 e. The zero-order valence-electron chi connectivity index (χ0n) is 48.8. The highest BCUT2D eigenvalue weighted by Gasteiger charge is 2.22. The molecular weight excluding hydrogens is 911 g/mol. The van der Waals surface area contributed by atoms with Gasteiger partial charge >= 0.3 is 11.9 Å². The molecule has 0 aliphatic heterocycles. The van der Waals surface area contributed by atoms with Gasteiger partial charge in [0.25, 0.3) is 0 Å². The quantitative estimate of drug-likeness (QED) is 0.0195. The van der Waals surface area contributed by atoms with E-state index in [4.69, 9.17) is 18.9 Å². The summed E-state index contributed by atoms with van der Waals surface area (Å²) in [6.07, 6.45) is 65.2. The number of carbonyl (C=O) groups is 3. The normalized spacial score (nSPS) is 12.9. The lowest BCUT2D eigenvalue weighted by molar-refractivity contribution is -0.870. The van der Waals surface area contributed by atoms with E-state index in [1.54, 1.807) is 0 Å². The number of carboxylic acid groups (broad SMARTS) is 1. The number of quaternary nitrogens is 1. The number of aliphatic carboxylic acids is 1. The number of hydrogen-bond acceptors (Lipinski definition) is 8. The van der Waals surface area contributed by atoms with Gasteiger partial charge in [0.15, 0.2) is 12.4 Å². The van der Waals surface area contributed by atoms with Crippen molar-refractivity contribution < 1.29 is 42.9 Å². The Morgan fingerprint density at radius 3 is 1.15 bits per heavy atom. The Bertz CT molecular complexity index is 1290. The lowest BCUT2D eigenvalue weighted by Gasteiger charge is -2.26. The lowest BCUT2D eigenvalue weighted by atomic mass is 10.0. The third kappa shape index (κ3) is 57.1. The first-order valence-electron chi connectivity index (χ1n) is 31.1. The van der Waals surface area contributed by atoms with Crippen LogP contribution in [0.1, 0.15) is 296 Å². The number of likely N-dealkylation sites (N-methyl/N-ethyl adjacent to an activating group) is 1. The number of allylic oxidation sites excluding steroid dienone is 6. The molecule has 0 heterocycles. The number of ether oxygens (including phenoxy) is 4. The van der Waals surface area contributed by atoms with E-state index in [9.17, 15) is 19.5 Å². The molecule has 9 heteroatoms. The van der Waals surface area contributed by atoms with Crippen LogP contribution in [0.25, 0.3) is 0 Å². The summed E-state index contributed by atoms with van der Waals surface area (Å²) in [5.74, 6) is -2.29. The summed E-state index contributed by atoms with van der Waals surface area (Å²) in [6.45, 7) is 4.69. The number of nitrogens with zero attached hydrogens (tertiary/aromatic N) is 1. The molecule has 0 spiro atoms. The fourth-order valence-electron chi connectivity index (χ4n) is 9.04. The number of unbranched alkanes of at least 4 members (excludes halogenated alkanes) is 37. The van der Waals surface area contributed by atoms with Gasteiger partial charge in [-0.1, -0.05) is 256 Å². The van der Waals surface area contributed by atoms with E-state index in [0.29, 0.717) is 23.9 Å². The molecule has 0 N–H and O–H groups in total. The molecule has 0 amide bonds. The first kappa shape index (κ1) is 70.5. The van der Waals surface area contributed by atoms with E-state index in [2.05, 4.69) is 50.3 Å². The third-order valence-electron chi connectivity index (χ3n) is 13.8. The van der Waals surface area contributed by atoms with Crippen LogP contribution in [-0.2, 0) is 33.3 Å². The summed E-state index contributed by atoms with van der Waals surface area (Å²) in [7, 11) is 5.92. The average Bonchev–Trinajstić information content (AvgIpc) is 3.36. The van der Waals surface area contributed by atoms with Gasteiger partial charge in [-0.2, -0.15) is 0 Å². The molecule has 2 atom stereocenters. The summed E-state index contributed by atoms with van der Waals surface area (Å²) < 4.78 is 22.7. The van der Waals surface area contributed by atoms with Crippen LogP contribution in [0.2, 0.25) is 0 Å². The molecule has 0 saturated heterocycles. The summed E-state index contributed by atoms with van der Waals surface area (Å²) in [5.41, 5.74) is 0. The van der Waals surface area contributed by atoms with Gasteiger partial charge in [0.1, 0.15) is 13.2 Å². The van der Waals surface area contributed by atoms with Crippen molar-refractivity contribution in [1.82, 2.24) is 0 Å². The van der Waals surface area contributed by atoms with Gasteiger partial charge < -0.3 is 33.3 Å². The van der Waals surface area contributed by atoms with Gasteiger partial charge in [-0.05, 0) is 64.2 Å². The zero-order chi connectivity index (χ0) is 53.4. The highest BCUT2D eigenvalue weighted by atomic mass is 16.7. The molecule has 0 bridgehead atoms. The molecule has 0 fully saturated rings.